The number of hydrogen-bond donors (Lipinski definition) is 2. The van der Waals surface area contributed by atoms with Crippen molar-refractivity contribution in [1.82, 2.24) is 20.2 Å². The van der Waals surface area contributed by atoms with E-state index in [2.05, 4.69) is 44.9 Å². The van der Waals surface area contributed by atoms with Crippen LogP contribution in [-0.2, 0) is 6.54 Å². The van der Waals surface area contributed by atoms with Gasteiger partial charge in [0.2, 0.25) is 0 Å². The van der Waals surface area contributed by atoms with Crippen LogP contribution in [0.25, 0.3) is 0 Å². The quantitative estimate of drug-likeness (QED) is 0.355. The van der Waals surface area contributed by atoms with Crippen LogP contribution in [0.2, 0.25) is 0 Å². The van der Waals surface area contributed by atoms with Gasteiger partial charge in [-0.2, -0.15) is 0 Å². The predicted molar refractivity (Wildman–Crippen MR) is 88.8 cm³/mol. The third kappa shape index (κ3) is 5.91. The van der Waals surface area contributed by atoms with Gasteiger partial charge in [0.15, 0.2) is 5.96 Å². The van der Waals surface area contributed by atoms with Crippen LogP contribution in [0.4, 0.5) is 0 Å². The van der Waals surface area contributed by atoms with Crippen molar-refractivity contribution in [3.8, 4) is 0 Å². The molecule has 1 heterocycles. The first-order valence-electron chi connectivity index (χ1n) is 6.96. The van der Waals surface area contributed by atoms with Gasteiger partial charge in [0, 0.05) is 49.7 Å². The molecule has 0 unspecified atom stereocenters. The van der Waals surface area contributed by atoms with E-state index in [0.717, 1.165) is 31.3 Å². The Balaban J connectivity index is 1.59. The molecule has 1 aromatic heterocycles. The highest BCUT2D eigenvalue weighted by Gasteiger charge is 1.97. The standard InChI is InChI=1S/C15H21N5S/c1-16-15(18-8-11-20-10-7-17-13-20)19-9-12-21-14-5-3-2-4-6-14/h2-7,10,13H,8-9,11-12H2,1H3,(H2,16,18,19). The average Bonchev–Trinajstić information content (AvgIpc) is 3.04. The molecule has 2 N–H and O–H groups in total. The Bertz CT molecular complexity index is 524. The number of nitrogens with one attached hydrogen (secondary N) is 2. The summed E-state index contributed by atoms with van der Waals surface area (Å²) >= 11 is 1.84. The van der Waals surface area contributed by atoms with Crippen molar-refractivity contribution in [2.24, 2.45) is 4.99 Å². The molecular weight excluding hydrogens is 282 g/mol. The number of aliphatic imine (C=N–C) groups is 1. The largest absolute Gasteiger partial charge is 0.356 e. The Hall–Kier alpha value is -1.95. The highest BCUT2D eigenvalue weighted by atomic mass is 32.2. The molecule has 0 radical (unpaired) electrons. The van der Waals surface area contributed by atoms with Gasteiger partial charge in [-0.3, -0.25) is 4.99 Å². The van der Waals surface area contributed by atoms with E-state index in [0.29, 0.717) is 0 Å². The number of guanidine groups is 1. The van der Waals surface area contributed by atoms with Crippen LogP contribution in [-0.4, -0.2) is 41.4 Å². The van der Waals surface area contributed by atoms with Gasteiger partial charge in [0.05, 0.1) is 6.33 Å². The molecule has 0 amide bonds. The molecule has 0 fully saturated rings. The maximum atomic E-state index is 4.21. The molecular formula is C15H21N5S. The van der Waals surface area contributed by atoms with Crippen molar-refractivity contribution in [2.75, 3.05) is 25.9 Å². The second kappa shape index (κ2) is 9.07. The molecule has 0 saturated carbocycles. The smallest absolute Gasteiger partial charge is 0.191 e. The topological polar surface area (TPSA) is 54.2 Å². The molecule has 0 bridgehead atoms. The van der Waals surface area contributed by atoms with E-state index in [1.165, 1.54) is 4.90 Å². The molecule has 0 aliphatic carbocycles. The van der Waals surface area contributed by atoms with Gasteiger partial charge < -0.3 is 15.2 Å². The Morgan fingerprint density at radius 3 is 2.76 bits per heavy atom. The van der Waals surface area contributed by atoms with Crippen molar-refractivity contribution >= 4 is 17.7 Å². The minimum atomic E-state index is 0.821. The summed E-state index contributed by atoms with van der Waals surface area (Å²) in [6, 6.07) is 10.4. The molecule has 0 spiro atoms. The molecule has 21 heavy (non-hydrogen) atoms. The first kappa shape index (κ1) is 15.4. The van der Waals surface area contributed by atoms with E-state index < -0.39 is 0 Å². The minimum absolute atomic E-state index is 0.821. The fourth-order valence-electron chi connectivity index (χ4n) is 1.80. The molecule has 2 rings (SSSR count). The molecule has 2 aromatic rings. The average molecular weight is 303 g/mol. The number of thioether (sulfide) groups is 1. The lowest BCUT2D eigenvalue weighted by Crippen LogP contribution is -2.39. The summed E-state index contributed by atoms with van der Waals surface area (Å²) in [5.41, 5.74) is 0. The molecule has 6 heteroatoms. The van der Waals surface area contributed by atoms with Crippen LogP contribution in [0, 0.1) is 0 Å². The fourth-order valence-corrected chi connectivity index (χ4v) is 2.59. The van der Waals surface area contributed by atoms with Crippen LogP contribution in [0.1, 0.15) is 0 Å². The highest BCUT2D eigenvalue weighted by molar-refractivity contribution is 7.99. The van der Waals surface area contributed by atoms with Gasteiger partial charge in [0.1, 0.15) is 0 Å². The number of rotatable bonds is 7. The summed E-state index contributed by atoms with van der Waals surface area (Å²) in [6.07, 6.45) is 5.55. The van der Waals surface area contributed by atoms with Crippen molar-refractivity contribution in [3.05, 3.63) is 49.1 Å². The Kier molecular flexibility index (Phi) is 6.67. The Morgan fingerprint density at radius 2 is 2.05 bits per heavy atom. The van der Waals surface area contributed by atoms with Crippen LogP contribution in [0.5, 0.6) is 0 Å². The van der Waals surface area contributed by atoms with E-state index in [-0.39, 0.29) is 0 Å². The maximum Gasteiger partial charge on any atom is 0.191 e. The molecule has 5 nitrogen and oxygen atoms in total. The first-order chi connectivity index (χ1) is 10.4. The van der Waals surface area contributed by atoms with E-state index in [1.807, 2.05) is 34.9 Å². The lowest BCUT2D eigenvalue weighted by atomic mass is 10.4. The fraction of sp³-hybridized carbons (Fsp3) is 0.333. The Morgan fingerprint density at radius 1 is 1.24 bits per heavy atom. The van der Waals surface area contributed by atoms with E-state index in [1.54, 1.807) is 13.2 Å². The second-order valence-corrected chi connectivity index (χ2v) is 5.56. The number of aromatic nitrogens is 2. The molecule has 112 valence electrons. The first-order valence-corrected chi connectivity index (χ1v) is 7.95. The lowest BCUT2D eigenvalue weighted by Gasteiger charge is -2.11. The van der Waals surface area contributed by atoms with Crippen LogP contribution in [0.3, 0.4) is 0 Å². The SMILES string of the molecule is CN=C(NCCSc1ccccc1)NCCn1ccnc1. The molecule has 0 aliphatic rings. The van der Waals surface area contributed by atoms with Crippen LogP contribution in [0.15, 0.2) is 58.9 Å². The summed E-state index contributed by atoms with van der Waals surface area (Å²) in [5, 5.41) is 6.60. The van der Waals surface area contributed by atoms with E-state index in [9.17, 15) is 0 Å². The van der Waals surface area contributed by atoms with Gasteiger partial charge in [-0.15, -0.1) is 11.8 Å². The summed E-state index contributed by atoms with van der Waals surface area (Å²) in [7, 11) is 1.79. The van der Waals surface area contributed by atoms with E-state index >= 15 is 0 Å². The van der Waals surface area contributed by atoms with Crippen molar-refractivity contribution in [1.29, 1.82) is 0 Å². The highest BCUT2D eigenvalue weighted by Crippen LogP contribution is 2.15. The van der Waals surface area contributed by atoms with Gasteiger partial charge in [0.25, 0.3) is 0 Å². The predicted octanol–water partition coefficient (Wildman–Crippen LogP) is 1.84. The third-order valence-corrected chi connectivity index (χ3v) is 3.87. The molecule has 0 atom stereocenters. The van der Waals surface area contributed by atoms with Gasteiger partial charge in [-0.05, 0) is 12.1 Å². The second-order valence-electron chi connectivity index (χ2n) is 4.39. The zero-order valence-electron chi connectivity index (χ0n) is 12.2. The third-order valence-electron chi connectivity index (χ3n) is 2.85. The van der Waals surface area contributed by atoms with Gasteiger partial charge in [-0.25, -0.2) is 4.98 Å². The van der Waals surface area contributed by atoms with Crippen molar-refractivity contribution < 1.29 is 0 Å². The van der Waals surface area contributed by atoms with Crippen LogP contribution < -0.4 is 10.6 Å². The van der Waals surface area contributed by atoms with Gasteiger partial charge in [-0.1, -0.05) is 18.2 Å². The molecule has 0 aliphatic heterocycles. The number of nitrogens with zero attached hydrogens (tertiary/aromatic N) is 3. The van der Waals surface area contributed by atoms with Crippen molar-refractivity contribution in [2.45, 2.75) is 11.4 Å². The zero-order chi connectivity index (χ0) is 14.8. The van der Waals surface area contributed by atoms with E-state index in [4.69, 9.17) is 0 Å². The summed E-state index contributed by atoms with van der Waals surface area (Å²) < 4.78 is 2.03. The van der Waals surface area contributed by atoms with Gasteiger partial charge >= 0.3 is 0 Å². The number of hydrogen-bond acceptors (Lipinski definition) is 3. The van der Waals surface area contributed by atoms with Crippen molar-refractivity contribution in [3.63, 3.8) is 0 Å². The zero-order valence-corrected chi connectivity index (χ0v) is 13.0. The lowest BCUT2D eigenvalue weighted by molar-refractivity contribution is 0.664. The molecule has 0 saturated heterocycles. The number of imidazole rings is 1. The summed E-state index contributed by atoms with van der Waals surface area (Å²) in [5.74, 6) is 1.84. The van der Waals surface area contributed by atoms with Crippen LogP contribution >= 0.6 is 11.8 Å². The monoisotopic (exact) mass is 303 g/mol. The molecule has 1 aromatic carbocycles. The number of benzene rings is 1. The maximum absolute atomic E-state index is 4.21. The normalized spacial score (nSPS) is 11.4. The Labute approximate surface area is 129 Å². The summed E-state index contributed by atoms with van der Waals surface area (Å²) in [4.78, 5) is 9.52. The minimum Gasteiger partial charge on any atom is -0.356 e. The summed E-state index contributed by atoms with van der Waals surface area (Å²) in [6.45, 7) is 2.58.